The van der Waals surface area contributed by atoms with E-state index in [-0.39, 0.29) is 0 Å². The quantitative estimate of drug-likeness (QED) is 0.650. The SMILES string of the molecule is C=C(N)c1cc2nc[nH]c2cn1. The van der Waals surface area contributed by atoms with Crippen LogP contribution in [-0.4, -0.2) is 15.0 Å². The Hall–Kier alpha value is -1.84. The molecule has 4 nitrogen and oxygen atoms in total. The molecule has 0 saturated heterocycles. The van der Waals surface area contributed by atoms with Gasteiger partial charge in [-0.25, -0.2) is 4.98 Å². The minimum absolute atomic E-state index is 0.458. The van der Waals surface area contributed by atoms with Crippen LogP contribution in [0.1, 0.15) is 5.69 Å². The van der Waals surface area contributed by atoms with Crippen LogP contribution in [0.2, 0.25) is 0 Å². The molecule has 2 aromatic heterocycles. The number of nitrogens with one attached hydrogen (secondary N) is 1. The molecule has 0 aliphatic heterocycles. The van der Waals surface area contributed by atoms with E-state index in [1.165, 1.54) is 0 Å². The summed E-state index contributed by atoms with van der Waals surface area (Å²) in [6, 6.07) is 1.80. The minimum Gasteiger partial charge on any atom is -0.397 e. The van der Waals surface area contributed by atoms with Gasteiger partial charge in [0.15, 0.2) is 0 Å². The molecule has 60 valence electrons. The molecule has 0 aliphatic rings. The summed E-state index contributed by atoms with van der Waals surface area (Å²) >= 11 is 0. The van der Waals surface area contributed by atoms with Gasteiger partial charge in [0.25, 0.3) is 0 Å². The van der Waals surface area contributed by atoms with Gasteiger partial charge in [-0.15, -0.1) is 0 Å². The summed E-state index contributed by atoms with van der Waals surface area (Å²) in [7, 11) is 0. The van der Waals surface area contributed by atoms with Crippen LogP contribution in [0.5, 0.6) is 0 Å². The second kappa shape index (κ2) is 2.34. The predicted octanol–water partition coefficient (Wildman–Crippen LogP) is 0.887. The highest BCUT2D eigenvalue weighted by atomic mass is 14.9. The summed E-state index contributed by atoms with van der Waals surface area (Å²) in [6.07, 6.45) is 3.31. The molecular formula is C8H8N4. The number of aromatic nitrogens is 3. The molecule has 0 unspecified atom stereocenters. The van der Waals surface area contributed by atoms with Crippen molar-refractivity contribution in [3.05, 3.63) is 30.9 Å². The number of fused-ring (bicyclic) bond motifs is 1. The van der Waals surface area contributed by atoms with E-state index in [0.717, 1.165) is 11.0 Å². The van der Waals surface area contributed by atoms with Crippen molar-refractivity contribution in [3.8, 4) is 0 Å². The van der Waals surface area contributed by atoms with Crippen molar-refractivity contribution in [2.45, 2.75) is 0 Å². The van der Waals surface area contributed by atoms with E-state index < -0.39 is 0 Å². The molecule has 0 spiro atoms. The highest BCUT2D eigenvalue weighted by molar-refractivity contribution is 5.76. The molecule has 0 bridgehead atoms. The number of aromatic amines is 1. The largest absolute Gasteiger partial charge is 0.397 e. The maximum atomic E-state index is 5.48. The molecule has 2 rings (SSSR count). The lowest BCUT2D eigenvalue weighted by Gasteiger charge is -1.96. The fourth-order valence-electron chi connectivity index (χ4n) is 1.01. The van der Waals surface area contributed by atoms with E-state index in [4.69, 9.17) is 5.73 Å². The van der Waals surface area contributed by atoms with Crippen molar-refractivity contribution >= 4 is 16.7 Å². The molecule has 0 aliphatic carbocycles. The van der Waals surface area contributed by atoms with Gasteiger partial charge >= 0.3 is 0 Å². The molecule has 0 saturated carbocycles. The normalized spacial score (nSPS) is 10.3. The summed E-state index contributed by atoms with van der Waals surface area (Å²) in [4.78, 5) is 11.1. The molecule has 2 heterocycles. The highest BCUT2D eigenvalue weighted by Crippen LogP contribution is 2.11. The smallest absolute Gasteiger partial charge is 0.0932 e. The van der Waals surface area contributed by atoms with Gasteiger partial charge in [-0.1, -0.05) is 6.58 Å². The lowest BCUT2D eigenvalue weighted by atomic mass is 10.3. The Kier molecular flexibility index (Phi) is 1.33. The van der Waals surface area contributed by atoms with Gasteiger partial charge in [0.1, 0.15) is 0 Å². The Labute approximate surface area is 69.1 Å². The molecule has 0 amide bonds. The fourth-order valence-corrected chi connectivity index (χ4v) is 1.01. The van der Waals surface area contributed by atoms with Crippen LogP contribution in [0, 0.1) is 0 Å². The number of imidazole rings is 1. The zero-order chi connectivity index (χ0) is 8.55. The molecule has 12 heavy (non-hydrogen) atoms. The van der Waals surface area contributed by atoms with E-state index in [2.05, 4.69) is 21.5 Å². The van der Waals surface area contributed by atoms with Crippen LogP contribution in [0.4, 0.5) is 0 Å². The molecule has 3 N–H and O–H groups in total. The Morgan fingerprint density at radius 1 is 1.50 bits per heavy atom. The van der Waals surface area contributed by atoms with Crippen LogP contribution in [0.3, 0.4) is 0 Å². The van der Waals surface area contributed by atoms with Gasteiger partial charge in [-0.05, 0) is 6.07 Å². The lowest BCUT2D eigenvalue weighted by Crippen LogP contribution is -1.96. The Balaban J connectivity index is 2.68. The maximum absolute atomic E-state index is 5.48. The number of pyridine rings is 1. The average molecular weight is 160 g/mol. The van der Waals surface area contributed by atoms with Crippen LogP contribution in [0.25, 0.3) is 16.7 Å². The molecule has 0 radical (unpaired) electrons. The molecular weight excluding hydrogens is 152 g/mol. The summed E-state index contributed by atoms with van der Waals surface area (Å²) in [5, 5.41) is 0. The topological polar surface area (TPSA) is 67.6 Å². The first-order valence-electron chi connectivity index (χ1n) is 3.51. The molecule has 0 aromatic carbocycles. The number of rotatable bonds is 1. The summed E-state index contributed by atoms with van der Waals surface area (Å²) in [6.45, 7) is 3.59. The summed E-state index contributed by atoms with van der Waals surface area (Å²) < 4.78 is 0. The molecule has 0 fully saturated rings. The Bertz CT molecular complexity index is 429. The Morgan fingerprint density at radius 3 is 3.08 bits per heavy atom. The molecule has 0 atom stereocenters. The second-order valence-corrected chi connectivity index (χ2v) is 2.51. The number of hydrogen-bond donors (Lipinski definition) is 2. The van der Waals surface area contributed by atoms with Crippen molar-refractivity contribution < 1.29 is 0 Å². The van der Waals surface area contributed by atoms with Crippen LogP contribution in [0.15, 0.2) is 25.2 Å². The number of nitrogens with zero attached hydrogens (tertiary/aromatic N) is 2. The third-order valence-corrected chi connectivity index (χ3v) is 1.63. The molecule has 2 aromatic rings. The predicted molar refractivity (Wildman–Crippen MR) is 47.1 cm³/mol. The second-order valence-electron chi connectivity index (χ2n) is 2.51. The number of nitrogens with two attached hydrogens (primary N) is 1. The Morgan fingerprint density at radius 2 is 2.33 bits per heavy atom. The van der Waals surface area contributed by atoms with E-state index in [9.17, 15) is 0 Å². The number of H-pyrrole nitrogens is 1. The minimum atomic E-state index is 0.458. The first-order chi connectivity index (χ1) is 5.77. The van der Waals surface area contributed by atoms with Gasteiger partial charge in [0.2, 0.25) is 0 Å². The third-order valence-electron chi connectivity index (χ3n) is 1.63. The zero-order valence-corrected chi connectivity index (χ0v) is 6.41. The first kappa shape index (κ1) is 6.84. The van der Waals surface area contributed by atoms with E-state index in [0.29, 0.717) is 11.4 Å². The van der Waals surface area contributed by atoms with Gasteiger partial charge in [0, 0.05) is 0 Å². The molecule has 4 heteroatoms. The van der Waals surface area contributed by atoms with Crippen LogP contribution in [-0.2, 0) is 0 Å². The van der Waals surface area contributed by atoms with Gasteiger partial charge in [0.05, 0.1) is 34.9 Å². The highest BCUT2D eigenvalue weighted by Gasteiger charge is 1.99. The summed E-state index contributed by atoms with van der Waals surface area (Å²) in [5.74, 6) is 0. The van der Waals surface area contributed by atoms with E-state index >= 15 is 0 Å². The monoisotopic (exact) mass is 160 g/mol. The zero-order valence-electron chi connectivity index (χ0n) is 6.41. The van der Waals surface area contributed by atoms with Crippen LogP contribution < -0.4 is 5.73 Å². The maximum Gasteiger partial charge on any atom is 0.0932 e. The summed E-state index contributed by atoms with van der Waals surface area (Å²) in [5.41, 5.74) is 8.37. The van der Waals surface area contributed by atoms with E-state index in [1.807, 2.05) is 0 Å². The van der Waals surface area contributed by atoms with Crippen molar-refractivity contribution in [3.63, 3.8) is 0 Å². The van der Waals surface area contributed by atoms with Gasteiger partial charge in [-0.3, -0.25) is 4.98 Å². The van der Waals surface area contributed by atoms with Crippen molar-refractivity contribution in [1.29, 1.82) is 0 Å². The number of hydrogen-bond acceptors (Lipinski definition) is 3. The van der Waals surface area contributed by atoms with Gasteiger partial charge in [-0.2, -0.15) is 0 Å². The van der Waals surface area contributed by atoms with Crippen LogP contribution >= 0.6 is 0 Å². The third kappa shape index (κ3) is 0.934. The van der Waals surface area contributed by atoms with Gasteiger partial charge < -0.3 is 10.7 Å². The van der Waals surface area contributed by atoms with Crippen molar-refractivity contribution in [2.75, 3.05) is 0 Å². The first-order valence-corrected chi connectivity index (χ1v) is 3.51. The lowest BCUT2D eigenvalue weighted by molar-refractivity contribution is 1.27. The fraction of sp³-hybridized carbons (Fsp3) is 0. The standard InChI is InChI=1S/C8H8N4/c1-5(9)6-2-7-8(3-10-6)12-4-11-7/h2-4H,1,9H2,(H,11,12). The van der Waals surface area contributed by atoms with Crippen molar-refractivity contribution in [2.24, 2.45) is 5.73 Å². The van der Waals surface area contributed by atoms with Crippen molar-refractivity contribution in [1.82, 2.24) is 15.0 Å². The average Bonchev–Trinajstić information content (AvgIpc) is 2.49. The van der Waals surface area contributed by atoms with E-state index in [1.54, 1.807) is 18.6 Å².